The van der Waals surface area contributed by atoms with Crippen LogP contribution in [-0.2, 0) is 0 Å². The molecule has 0 aromatic carbocycles. The molecule has 1 aliphatic rings. The number of thiol groups is 1. The molecular formula is C6H13FN2S. The summed E-state index contributed by atoms with van der Waals surface area (Å²) in [5.41, 5.74) is 4.15. The second-order valence-corrected chi connectivity index (χ2v) is 3.37. The average Bonchev–Trinajstić information content (AvgIpc) is 1.96. The van der Waals surface area contributed by atoms with E-state index in [2.05, 4.69) is 12.8 Å². The van der Waals surface area contributed by atoms with Crippen LogP contribution >= 0.6 is 12.8 Å². The molecule has 1 saturated heterocycles. The number of nitrogens with zero attached hydrogens (tertiary/aromatic N) is 1. The minimum atomic E-state index is -1.11. The third kappa shape index (κ3) is 1.84. The quantitative estimate of drug-likeness (QED) is 0.556. The van der Waals surface area contributed by atoms with Crippen molar-refractivity contribution < 1.29 is 4.39 Å². The molecule has 10 heavy (non-hydrogen) atoms. The molecule has 0 aromatic heterocycles. The van der Waals surface area contributed by atoms with Gasteiger partial charge in [0, 0.05) is 19.6 Å². The van der Waals surface area contributed by atoms with Crippen LogP contribution in [0.1, 0.15) is 12.8 Å². The average molecular weight is 164 g/mol. The zero-order valence-corrected chi connectivity index (χ0v) is 6.78. The Morgan fingerprint density at radius 2 is 2.00 bits per heavy atom. The maximum absolute atomic E-state index is 13.3. The Morgan fingerprint density at radius 3 is 2.40 bits per heavy atom. The van der Waals surface area contributed by atoms with Gasteiger partial charge in [-0.2, -0.15) is 0 Å². The minimum Gasteiger partial charge on any atom is -0.328 e. The van der Waals surface area contributed by atoms with Crippen molar-refractivity contribution in [3.63, 3.8) is 0 Å². The fraction of sp³-hybridized carbons (Fsp3) is 1.00. The second kappa shape index (κ2) is 3.07. The zero-order chi connectivity index (χ0) is 7.61. The van der Waals surface area contributed by atoms with Gasteiger partial charge in [0.25, 0.3) is 0 Å². The monoisotopic (exact) mass is 164 g/mol. The molecule has 1 fully saturated rings. The molecule has 0 amide bonds. The molecular weight excluding hydrogens is 151 g/mol. The SMILES string of the molecule is NCC1(F)CCN(S)CC1. The molecule has 0 atom stereocenters. The summed E-state index contributed by atoms with van der Waals surface area (Å²) in [5.74, 6) is 0. The lowest BCUT2D eigenvalue weighted by Crippen LogP contribution is -2.42. The van der Waals surface area contributed by atoms with E-state index < -0.39 is 5.67 Å². The number of piperidine rings is 1. The topological polar surface area (TPSA) is 29.3 Å². The van der Waals surface area contributed by atoms with Gasteiger partial charge in [-0.05, 0) is 12.8 Å². The van der Waals surface area contributed by atoms with Crippen molar-refractivity contribution in [2.75, 3.05) is 19.6 Å². The standard InChI is InChI=1S/C6H13FN2S/c7-6(5-8)1-3-9(10)4-2-6/h10H,1-5,8H2. The lowest BCUT2D eigenvalue weighted by molar-refractivity contribution is 0.102. The van der Waals surface area contributed by atoms with E-state index in [0.717, 1.165) is 0 Å². The Kier molecular flexibility index (Phi) is 2.55. The molecule has 0 spiro atoms. The molecule has 4 heteroatoms. The van der Waals surface area contributed by atoms with Gasteiger partial charge in [0.2, 0.25) is 0 Å². The van der Waals surface area contributed by atoms with Crippen LogP contribution in [0.3, 0.4) is 0 Å². The fourth-order valence-corrected chi connectivity index (χ4v) is 1.30. The molecule has 2 nitrogen and oxygen atoms in total. The number of halogens is 1. The van der Waals surface area contributed by atoms with E-state index in [-0.39, 0.29) is 6.54 Å². The van der Waals surface area contributed by atoms with E-state index in [0.29, 0.717) is 25.9 Å². The third-order valence-electron chi connectivity index (χ3n) is 2.00. The smallest absolute Gasteiger partial charge is 0.125 e. The number of hydrogen-bond donors (Lipinski definition) is 2. The van der Waals surface area contributed by atoms with Crippen LogP contribution in [0.25, 0.3) is 0 Å². The first-order valence-corrected chi connectivity index (χ1v) is 3.89. The largest absolute Gasteiger partial charge is 0.328 e. The van der Waals surface area contributed by atoms with Gasteiger partial charge in [0.05, 0.1) is 0 Å². The highest BCUT2D eigenvalue weighted by molar-refractivity contribution is 7.77. The number of nitrogens with two attached hydrogens (primary N) is 1. The van der Waals surface area contributed by atoms with E-state index in [1.54, 1.807) is 0 Å². The Hall–Kier alpha value is 0.200. The first-order valence-electron chi connectivity index (χ1n) is 3.49. The van der Waals surface area contributed by atoms with Crippen molar-refractivity contribution >= 4 is 12.8 Å². The second-order valence-electron chi connectivity index (χ2n) is 2.81. The van der Waals surface area contributed by atoms with Gasteiger partial charge < -0.3 is 5.73 Å². The highest BCUT2D eigenvalue weighted by Gasteiger charge is 2.31. The number of hydrogen-bond acceptors (Lipinski definition) is 3. The molecule has 1 aliphatic heterocycles. The van der Waals surface area contributed by atoms with Crippen molar-refractivity contribution in [3.8, 4) is 0 Å². The number of alkyl halides is 1. The van der Waals surface area contributed by atoms with Gasteiger partial charge in [-0.1, -0.05) is 12.8 Å². The summed E-state index contributed by atoms with van der Waals surface area (Å²) >= 11 is 4.10. The number of rotatable bonds is 1. The Labute approximate surface area is 66.1 Å². The van der Waals surface area contributed by atoms with Crippen LogP contribution < -0.4 is 5.73 Å². The summed E-state index contributed by atoms with van der Waals surface area (Å²) in [7, 11) is 0. The van der Waals surface area contributed by atoms with E-state index in [1.165, 1.54) is 0 Å². The molecule has 0 saturated carbocycles. The molecule has 0 aliphatic carbocycles. The normalized spacial score (nSPS) is 26.7. The van der Waals surface area contributed by atoms with Crippen LogP contribution in [0, 0.1) is 0 Å². The molecule has 1 heterocycles. The maximum atomic E-state index is 13.3. The summed E-state index contributed by atoms with van der Waals surface area (Å²) in [4.78, 5) is 0. The summed E-state index contributed by atoms with van der Waals surface area (Å²) in [6.07, 6.45) is 1.04. The van der Waals surface area contributed by atoms with Gasteiger partial charge in [-0.25, -0.2) is 4.39 Å². The Balaban J connectivity index is 2.38. The summed E-state index contributed by atoms with van der Waals surface area (Å²) in [6.45, 7) is 1.56. The molecule has 0 unspecified atom stereocenters. The Morgan fingerprint density at radius 1 is 1.50 bits per heavy atom. The molecule has 0 aromatic rings. The van der Waals surface area contributed by atoms with Gasteiger partial charge in [-0.3, -0.25) is 4.31 Å². The van der Waals surface area contributed by atoms with Crippen molar-refractivity contribution in [1.29, 1.82) is 0 Å². The molecule has 1 rings (SSSR count). The van der Waals surface area contributed by atoms with Gasteiger partial charge in [-0.15, -0.1) is 0 Å². The van der Waals surface area contributed by atoms with Crippen molar-refractivity contribution in [2.24, 2.45) is 5.73 Å². The van der Waals surface area contributed by atoms with E-state index >= 15 is 0 Å². The first-order chi connectivity index (χ1) is 4.66. The zero-order valence-electron chi connectivity index (χ0n) is 5.89. The van der Waals surface area contributed by atoms with Gasteiger partial charge in [0.1, 0.15) is 5.67 Å². The highest BCUT2D eigenvalue weighted by Crippen LogP contribution is 2.25. The van der Waals surface area contributed by atoms with E-state index in [4.69, 9.17) is 5.73 Å². The predicted octanol–water partition coefficient (Wildman–Crippen LogP) is 0.594. The molecule has 60 valence electrons. The van der Waals surface area contributed by atoms with Crippen molar-refractivity contribution in [2.45, 2.75) is 18.5 Å². The van der Waals surface area contributed by atoms with Crippen molar-refractivity contribution in [3.05, 3.63) is 0 Å². The first kappa shape index (κ1) is 8.30. The van der Waals surface area contributed by atoms with Crippen LogP contribution in [-0.4, -0.2) is 29.6 Å². The van der Waals surface area contributed by atoms with Crippen LogP contribution in [0.15, 0.2) is 0 Å². The summed E-state index contributed by atoms with van der Waals surface area (Å²) < 4.78 is 15.1. The van der Waals surface area contributed by atoms with Crippen LogP contribution in [0.4, 0.5) is 4.39 Å². The lowest BCUT2D eigenvalue weighted by Gasteiger charge is -2.32. The van der Waals surface area contributed by atoms with Crippen LogP contribution in [0.2, 0.25) is 0 Å². The van der Waals surface area contributed by atoms with Gasteiger partial charge in [0.15, 0.2) is 0 Å². The minimum absolute atomic E-state index is 0.147. The van der Waals surface area contributed by atoms with Crippen LogP contribution in [0.5, 0.6) is 0 Å². The van der Waals surface area contributed by atoms with Gasteiger partial charge >= 0.3 is 0 Å². The molecule has 2 N–H and O–H groups in total. The predicted molar refractivity (Wildman–Crippen MR) is 42.7 cm³/mol. The maximum Gasteiger partial charge on any atom is 0.125 e. The fourth-order valence-electron chi connectivity index (χ4n) is 1.10. The molecule has 0 bridgehead atoms. The highest BCUT2D eigenvalue weighted by atomic mass is 32.1. The Bertz CT molecular complexity index is 112. The van der Waals surface area contributed by atoms with E-state index in [1.807, 2.05) is 4.31 Å². The van der Waals surface area contributed by atoms with Crippen molar-refractivity contribution in [1.82, 2.24) is 4.31 Å². The molecule has 0 radical (unpaired) electrons. The summed E-state index contributed by atoms with van der Waals surface area (Å²) in [6, 6.07) is 0. The lowest BCUT2D eigenvalue weighted by atomic mass is 9.95. The summed E-state index contributed by atoms with van der Waals surface area (Å²) in [5, 5.41) is 0. The third-order valence-corrected chi connectivity index (χ3v) is 2.40. The van der Waals surface area contributed by atoms with E-state index in [9.17, 15) is 4.39 Å².